The van der Waals surface area contributed by atoms with Gasteiger partial charge >= 0.3 is 0 Å². The summed E-state index contributed by atoms with van der Waals surface area (Å²) in [7, 11) is 0. The lowest BCUT2D eigenvalue weighted by atomic mass is 10.1. The summed E-state index contributed by atoms with van der Waals surface area (Å²) in [6, 6.07) is 1.97. The van der Waals surface area contributed by atoms with Crippen molar-refractivity contribution >= 4 is 11.9 Å². The fraction of sp³-hybridized carbons (Fsp3) is 0.467. The van der Waals surface area contributed by atoms with Crippen LogP contribution >= 0.6 is 0 Å². The lowest BCUT2D eigenvalue weighted by molar-refractivity contribution is -0.121. The number of aromatic nitrogens is 4. The summed E-state index contributed by atoms with van der Waals surface area (Å²) in [6.45, 7) is 1.70. The highest BCUT2D eigenvalue weighted by atomic mass is 16.1. The third-order valence-electron chi connectivity index (χ3n) is 3.82. The summed E-state index contributed by atoms with van der Waals surface area (Å²) in [4.78, 5) is 22.7. The number of amides is 1. The molecule has 3 rings (SSSR count). The van der Waals surface area contributed by atoms with Crippen LogP contribution in [0, 0.1) is 0 Å². The van der Waals surface area contributed by atoms with Gasteiger partial charge in [0.2, 0.25) is 11.9 Å². The van der Waals surface area contributed by atoms with Crippen LogP contribution in [0.3, 0.4) is 0 Å². The van der Waals surface area contributed by atoms with Crippen LogP contribution in [0.25, 0.3) is 0 Å². The number of piperidine rings is 1. The lowest BCUT2D eigenvalue weighted by Gasteiger charge is -2.33. The van der Waals surface area contributed by atoms with Gasteiger partial charge in [0, 0.05) is 44.1 Å². The molecule has 0 bridgehead atoms. The van der Waals surface area contributed by atoms with E-state index in [0.29, 0.717) is 12.8 Å². The summed E-state index contributed by atoms with van der Waals surface area (Å²) >= 11 is 0. The smallest absolute Gasteiger partial charge is 0.225 e. The van der Waals surface area contributed by atoms with E-state index >= 15 is 0 Å². The molecule has 2 aromatic heterocycles. The minimum Gasteiger partial charge on any atom is -0.352 e. The maximum Gasteiger partial charge on any atom is 0.225 e. The van der Waals surface area contributed by atoms with Crippen LogP contribution < -0.4 is 10.2 Å². The average molecular weight is 300 g/mol. The van der Waals surface area contributed by atoms with Crippen molar-refractivity contribution in [2.24, 2.45) is 0 Å². The number of nitrogens with zero attached hydrogens (tertiary/aromatic N) is 4. The number of anilines is 1. The molecule has 0 radical (unpaired) electrons. The number of aromatic amines is 1. The monoisotopic (exact) mass is 300 g/mol. The maximum absolute atomic E-state index is 12.1. The predicted molar refractivity (Wildman–Crippen MR) is 82.3 cm³/mol. The van der Waals surface area contributed by atoms with Gasteiger partial charge in [-0.25, -0.2) is 9.97 Å². The van der Waals surface area contributed by atoms with Crippen LogP contribution in [-0.2, 0) is 11.2 Å². The van der Waals surface area contributed by atoms with Gasteiger partial charge < -0.3 is 10.2 Å². The summed E-state index contributed by atoms with van der Waals surface area (Å²) in [6.07, 6.45) is 10.3. The van der Waals surface area contributed by atoms with Gasteiger partial charge in [0.05, 0.1) is 6.20 Å². The molecule has 1 aliphatic heterocycles. The SMILES string of the molecule is O=C(CCc1cn[nH]c1)NC1CCCN(c2ncccn2)C1. The normalized spacial score (nSPS) is 18.2. The molecular weight excluding hydrogens is 280 g/mol. The molecule has 2 N–H and O–H groups in total. The Bertz CT molecular complexity index is 585. The zero-order chi connectivity index (χ0) is 15.2. The molecule has 1 aliphatic rings. The molecule has 116 valence electrons. The van der Waals surface area contributed by atoms with Gasteiger partial charge in [0.1, 0.15) is 0 Å². The Morgan fingerprint density at radius 3 is 3.05 bits per heavy atom. The van der Waals surface area contributed by atoms with Gasteiger partial charge in [-0.2, -0.15) is 5.10 Å². The summed E-state index contributed by atoms with van der Waals surface area (Å²) in [5.74, 6) is 0.821. The molecule has 7 heteroatoms. The van der Waals surface area contributed by atoms with E-state index in [1.165, 1.54) is 0 Å². The maximum atomic E-state index is 12.1. The van der Waals surface area contributed by atoms with E-state index in [4.69, 9.17) is 0 Å². The van der Waals surface area contributed by atoms with E-state index < -0.39 is 0 Å². The molecule has 7 nitrogen and oxygen atoms in total. The van der Waals surface area contributed by atoms with E-state index in [9.17, 15) is 4.79 Å². The zero-order valence-electron chi connectivity index (χ0n) is 12.4. The highest BCUT2D eigenvalue weighted by Gasteiger charge is 2.22. The predicted octanol–water partition coefficient (Wildman–Crippen LogP) is 0.917. The molecule has 22 heavy (non-hydrogen) atoms. The highest BCUT2D eigenvalue weighted by molar-refractivity contribution is 5.76. The molecule has 0 saturated carbocycles. The van der Waals surface area contributed by atoms with Crippen LogP contribution in [0.2, 0.25) is 0 Å². The van der Waals surface area contributed by atoms with Crippen molar-refractivity contribution in [2.75, 3.05) is 18.0 Å². The first kappa shape index (κ1) is 14.5. The Labute approximate surface area is 129 Å². The Morgan fingerprint density at radius 1 is 1.41 bits per heavy atom. The first-order valence-electron chi connectivity index (χ1n) is 7.60. The van der Waals surface area contributed by atoms with Crippen molar-refractivity contribution in [2.45, 2.75) is 31.7 Å². The number of aryl methyl sites for hydroxylation is 1. The number of carbonyl (C=O) groups is 1. The van der Waals surface area contributed by atoms with Crippen molar-refractivity contribution in [3.8, 4) is 0 Å². The van der Waals surface area contributed by atoms with Crippen LogP contribution in [0.5, 0.6) is 0 Å². The zero-order valence-corrected chi connectivity index (χ0v) is 12.4. The number of nitrogens with one attached hydrogen (secondary N) is 2. The Morgan fingerprint density at radius 2 is 2.27 bits per heavy atom. The van der Waals surface area contributed by atoms with Crippen molar-refractivity contribution < 1.29 is 4.79 Å². The van der Waals surface area contributed by atoms with Crippen LogP contribution in [0.1, 0.15) is 24.8 Å². The number of H-pyrrole nitrogens is 1. The van der Waals surface area contributed by atoms with Gasteiger partial charge in [-0.05, 0) is 30.9 Å². The third kappa shape index (κ3) is 3.81. The quantitative estimate of drug-likeness (QED) is 0.857. The van der Waals surface area contributed by atoms with E-state index in [1.54, 1.807) is 18.6 Å². The largest absolute Gasteiger partial charge is 0.352 e. The molecule has 0 aromatic carbocycles. The number of hydrogen-bond acceptors (Lipinski definition) is 5. The van der Waals surface area contributed by atoms with Crippen molar-refractivity contribution in [3.63, 3.8) is 0 Å². The van der Waals surface area contributed by atoms with Gasteiger partial charge in [0.15, 0.2) is 0 Å². The summed E-state index contributed by atoms with van der Waals surface area (Å²) in [5, 5.41) is 9.75. The lowest BCUT2D eigenvalue weighted by Crippen LogP contribution is -2.48. The van der Waals surface area contributed by atoms with Crippen molar-refractivity contribution in [1.29, 1.82) is 0 Å². The summed E-state index contributed by atoms with van der Waals surface area (Å²) in [5.41, 5.74) is 1.05. The van der Waals surface area contributed by atoms with Gasteiger partial charge in [0.25, 0.3) is 0 Å². The molecule has 0 aliphatic carbocycles. The Hall–Kier alpha value is -2.44. The molecule has 3 heterocycles. The summed E-state index contributed by atoms with van der Waals surface area (Å²) < 4.78 is 0. The van der Waals surface area contributed by atoms with Gasteiger partial charge in [-0.1, -0.05) is 0 Å². The first-order chi connectivity index (χ1) is 10.8. The van der Waals surface area contributed by atoms with Crippen LogP contribution in [0.15, 0.2) is 30.9 Å². The molecular formula is C15H20N6O. The van der Waals surface area contributed by atoms with Crippen LogP contribution in [-0.4, -0.2) is 45.2 Å². The second kappa shape index (κ2) is 7.02. The van der Waals surface area contributed by atoms with Crippen molar-refractivity contribution in [3.05, 3.63) is 36.4 Å². The molecule has 1 fully saturated rings. The van der Waals surface area contributed by atoms with E-state index in [0.717, 1.165) is 37.4 Å². The molecule has 1 saturated heterocycles. The number of rotatable bonds is 5. The number of carbonyl (C=O) groups excluding carboxylic acids is 1. The first-order valence-corrected chi connectivity index (χ1v) is 7.60. The third-order valence-corrected chi connectivity index (χ3v) is 3.82. The average Bonchev–Trinajstić information content (AvgIpc) is 3.08. The van der Waals surface area contributed by atoms with E-state index in [1.807, 2.05) is 12.3 Å². The Kier molecular flexibility index (Phi) is 4.62. The molecule has 2 aromatic rings. The topological polar surface area (TPSA) is 86.8 Å². The minimum atomic E-state index is 0.0852. The van der Waals surface area contributed by atoms with Gasteiger partial charge in [-0.15, -0.1) is 0 Å². The fourth-order valence-corrected chi connectivity index (χ4v) is 2.70. The van der Waals surface area contributed by atoms with Crippen LogP contribution in [0.4, 0.5) is 5.95 Å². The second-order valence-corrected chi connectivity index (χ2v) is 5.51. The number of hydrogen-bond donors (Lipinski definition) is 2. The van der Waals surface area contributed by atoms with E-state index in [2.05, 4.69) is 30.4 Å². The minimum absolute atomic E-state index is 0.0852. The fourth-order valence-electron chi connectivity index (χ4n) is 2.70. The highest BCUT2D eigenvalue weighted by Crippen LogP contribution is 2.15. The molecule has 1 unspecified atom stereocenters. The van der Waals surface area contributed by atoms with Gasteiger partial charge in [-0.3, -0.25) is 9.89 Å². The molecule has 0 spiro atoms. The Balaban J connectivity index is 1.48. The standard InChI is InChI=1S/C15H20N6O/c22-14(5-4-12-9-18-19-10-12)20-13-3-1-8-21(11-13)15-16-6-2-7-17-15/h2,6-7,9-10,13H,1,3-5,8,11H2,(H,18,19)(H,20,22). The second-order valence-electron chi connectivity index (χ2n) is 5.51. The molecule has 1 amide bonds. The van der Waals surface area contributed by atoms with Crippen molar-refractivity contribution in [1.82, 2.24) is 25.5 Å². The van der Waals surface area contributed by atoms with E-state index in [-0.39, 0.29) is 11.9 Å². The molecule has 1 atom stereocenters.